The Morgan fingerprint density at radius 2 is 0.797 bits per heavy atom. The predicted octanol–water partition coefficient (Wildman–Crippen LogP) is 17.2. The van der Waals surface area contributed by atoms with Gasteiger partial charge >= 0.3 is 5.97 Å². The zero-order chi connectivity index (χ0) is 46.7. The maximum Gasteiger partial charge on any atom is 0.306 e. The fourth-order valence-electron chi connectivity index (χ4n) is 8.63. The number of allylic oxidation sites excluding steroid dienone is 6. The van der Waals surface area contributed by atoms with Gasteiger partial charge in [-0.2, -0.15) is 0 Å². The highest BCUT2D eigenvalue weighted by Gasteiger charge is 2.24. The summed E-state index contributed by atoms with van der Waals surface area (Å²) in [5.41, 5.74) is 0. The minimum Gasteiger partial charge on any atom is -0.462 e. The number of carbonyl (C=O) groups excluding carboxylic acids is 2. The van der Waals surface area contributed by atoms with Crippen molar-refractivity contribution in [3.05, 3.63) is 36.5 Å². The Balaban J connectivity index is 4.59. The number of hydrogen-bond acceptors (Lipinski definition) is 5. The van der Waals surface area contributed by atoms with E-state index in [0.717, 1.165) is 70.6 Å². The summed E-state index contributed by atoms with van der Waals surface area (Å²) in [4.78, 5) is 26.2. The first-order valence-electron chi connectivity index (χ1n) is 28.2. The van der Waals surface area contributed by atoms with Crippen LogP contribution in [0.15, 0.2) is 36.5 Å². The number of aliphatic hydroxyl groups excluding tert-OH is 2. The van der Waals surface area contributed by atoms with Crippen molar-refractivity contribution in [3.8, 4) is 0 Å². The monoisotopic (exact) mass is 900 g/mol. The average molecular weight is 901 g/mol. The highest BCUT2D eigenvalue weighted by atomic mass is 16.5. The molecular weight excluding hydrogens is 791 g/mol. The first-order valence-corrected chi connectivity index (χ1v) is 28.2. The Hall–Kier alpha value is -1.92. The van der Waals surface area contributed by atoms with Crippen LogP contribution < -0.4 is 5.32 Å². The molecule has 0 saturated carbocycles. The van der Waals surface area contributed by atoms with Crippen LogP contribution in [0.5, 0.6) is 0 Å². The molecule has 0 radical (unpaired) electrons. The van der Waals surface area contributed by atoms with Crippen LogP contribution in [0.1, 0.15) is 297 Å². The number of amides is 1. The largest absolute Gasteiger partial charge is 0.462 e. The number of aliphatic hydroxyl groups is 2. The van der Waals surface area contributed by atoms with Crippen LogP contribution in [0.3, 0.4) is 0 Å². The molecule has 1 amide bonds. The smallest absolute Gasteiger partial charge is 0.306 e. The summed E-state index contributed by atoms with van der Waals surface area (Å²) in [7, 11) is 0. The van der Waals surface area contributed by atoms with Gasteiger partial charge in [-0.1, -0.05) is 237 Å². The zero-order valence-corrected chi connectivity index (χ0v) is 42.9. The van der Waals surface area contributed by atoms with Crippen molar-refractivity contribution in [2.24, 2.45) is 0 Å². The molecular formula is C58H109NO5. The van der Waals surface area contributed by atoms with Gasteiger partial charge < -0.3 is 20.3 Å². The molecule has 0 fully saturated rings. The molecule has 0 aliphatic rings. The van der Waals surface area contributed by atoms with Gasteiger partial charge in [-0.05, 0) is 83.5 Å². The van der Waals surface area contributed by atoms with Crippen molar-refractivity contribution < 1.29 is 24.5 Å². The SMILES string of the molecule is CCCCC/C=C\C/C=C\CCCCCCCCCC(CC(=O)NC(CO)C(O)CCCCCCCCCCCCCCCC)OC(=O)CCCCC/C=C\CCCCCCCCC. The zero-order valence-electron chi connectivity index (χ0n) is 42.9. The first kappa shape index (κ1) is 62.1. The second-order valence-corrected chi connectivity index (χ2v) is 19.3. The fraction of sp³-hybridized carbons (Fsp3) is 0.862. The van der Waals surface area contributed by atoms with Gasteiger partial charge in [0, 0.05) is 6.42 Å². The molecule has 6 nitrogen and oxygen atoms in total. The van der Waals surface area contributed by atoms with Gasteiger partial charge in [0.25, 0.3) is 0 Å². The number of hydrogen-bond donors (Lipinski definition) is 3. The molecule has 3 atom stereocenters. The van der Waals surface area contributed by atoms with Crippen LogP contribution in [0, 0.1) is 0 Å². The van der Waals surface area contributed by atoms with Crippen molar-refractivity contribution in [2.75, 3.05) is 6.61 Å². The number of rotatable bonds is 51. The average Bonchev–Trinajstić information content (AvgIpc) is 3.29. The van der Waals surface area contributed by atoms with E-state index >= 15 is 0 Å². The van der Waals surface area contributed by atoms with E-state index in [-0.39, 0.29) is 24.9 Å². The summed E-state index contributed by atoms with van der Waals surface area (Å²) in [6, 6.07) is -0.705. The lowest BCUT2D eigenvalue weighted by atomic mass is 10.0. The van der Waals surface area contributed by atoms with E-state index in [9.17, 15) is 19.8 Å². The molecule has 0 aliphatic heterocycles. The van der Waals surface area contributed by atoms with Crippen molar-refractivity contribution in [2.45, 2.75) is 315 Å². The lowest BCUT2D eigenvalue weighted by molar-refractivity contribution is -0.151. The number of carbonyl (C=O) groups is 2. The Morgan fingerprint density at radius 1 is 0.453 bits per heavy atom. The van der Waals surface area contributed by atoms with Crippen LogP contribution >= 0.6 is 0 Å². The molecule has 0 rings (SSSR count). The van der Waals surface area contributed by atoms with Gasteiger partial charge in [0.15, 0.2) is 0 Å². The molecule has 3 unspecified atom stereocenters. The van der Waals surface area contributed by atoms with E-state index in [1.807, 2.05) is 0 Å². The molecule has 0 saturated heterocycles. The molecule has 0 aromatic heterocycles. The third-order valence-electron chi connectivity index (χ3n) is 12.9. The van der Waals surface area contributed by atoms with Gasteiger partial charge in [0.1, 0.15) is 6.10 Å². The van der Waals surface area contributed by atoms with Crippen molar-refractivity contribution in [1.29, 1.82) is 0 Å². The lowest BCUT2D eigenvalue weighted by Gasteiger charge is -2.24. The molecule has 0 aromatic rings. The van der Waals surface area contributed by atoms with Crippen LogP contribution in [0.4, 0.5) is 0 Å². The summed E-state index contributed by atoms with van der Waals surface area (Å²) in [6.45, 7) is 6.48. The third-order valence-corrected chi connectivity index (χ3v) is 12.9. The van der Waals surface area contributed by atoms with E-state index in [2.05, 4.69) is 62.5 Å². The summed E-state index contributed by atoms with van der Waals surface area (Å²) >= 11 is 0. The molecule has 0 heterocycles. The van der Waals surface area contributed by atoms with E-state index in [4.69, 9.17) is 4.74 Å². The van der Waals surface area contributed by atoms with Crippen LogP contribution in [0.2, 0.25) is 0 Å². The molecule has 0 bridgehead atoms. The summed E-state index contributed by atoms with van der Waals surface area (Å²) in [6.07, 6.45) is 62.0. The van der Waals surface area contributed by atoms with E-state index < -0.39 is 18.2 Å². The van der Waals surface area contributed by atoms with Crippen molar-refractivity contribution >= 4 is 11.9 Å². The van der Waals surface area contributed by atoms with Gasteiger partial charge in [0.2, 0.25) is 5.91 Å². The number of unbranched alkanes of at least 4 members (excludes halogenated alkanes) is 33. The van der Waals surface area contributed by atoms with E-state index in [1.165, 1.54) is 180 Å². The summed E-state index contributed by atoms with van der Waals surface area (Å²) in [5.74, 6) is -0.488. The minimum atomic E-state index is -0.791. The predicted molar refractivity (Wildman–Crippen MR) is 278 cm³/mol. The molecule has 64 heavy (non-hydrogen) atoms. The first-order chi connectivity index (χ1) is 31.5. The maximum atomic E-state index is 13.3. The Morgan fingerprint density at radius 3 is 1.23 bits per heavy atom. The lowest BCUT2D eigenvalue weighted by Crippen LogP contribution is -2.46. The van der Waals surface area contributed by atoms with Gasteiger partial charge in [-0.15, -0.1) is 0 Å². The normalized spacial score (nSPS) is 13.4. The summed E-state index contributed by atoms with van der Waals surface area (Å²) in [5, 5.41) is 23.9. The number of ether oxygens (including phenoxy) is 1. The molecule has 0 aromatic carbocycles. The van der Waals surface area contributed by atoms with Gasteiger partial charge in [-0.3, -0.25) is 9.59 Å². The van der Waals surface area contributed by atoms with Gasteiger partial charge in [-0.25, -0.2) is 0 Å². The molecule has 0 aliphatic carbocycles. The second kappa shape index (κ2) is 52.1. The van der Waals surface area contributed by atoms with E-state index in [0.29, 0.717) is 19.3 Å². The summed E-state index contributed by atoms with van der Waals surface area (Å²) < 4.78 is 5.95. The third kappa shape index (κ3) is 46.6. The quantitative estimate of drug-likeness (QED) is 0.0321. The van der Waals surface area contributed by atoms with Crippen LogP contribution in [0.25, 0.3) is 0 Å². The highest BCUT2D eigenvalue weighted by molar-refractivity contribution is 5.77. The van der Waals surface area contributed by atoms with Crippen LogP contribution in [-0.2, 0) is 14.3 Å². The minimum absolute atomic E-state index is 0.0690. The topological polar surface area (TPSA) is 95.9 Å². The van der Waals surface area contributed by atoms with E-state index in [1.54, 1.807) is 0 Å². The molecule has 376 valence electrons. The standard InChI is InChI=1S/C58H109NO5/c1-4-7-10-13-16-19-22-25-28-29-30-31-34-37-40-43-46-49-54(64-58(63)51-48-45-42-39-36-33-27-24-21-18-15-12-9-6-3)52-57(62)59-55(53-60)56(61)50-47-44-41-38-35-32-26-23-20-17-14-11-8-5-2/h16,19,25,28,33,36,54-56,60-61H,4-15,17-18,20-24,26-27,29-32,34-35,37-53H2,1-3H3,(H,59,62)/b19-16-,28-25-,36-33-. The maximum absolute atomic E-state index is 13.3. The Bertz CT molecular complexity index is 1060. The Kier molecular flexibility index (Phi) is 50.5. The number of nitrogens with one attached hydrogen (secondary N) is 1. The van der Waals surface area contributed by atoms with Gasteiger partial charge in [0.05, 0.1) is 25.2 Å². The molecule has 3 N–H and O–H groups in total. The number of esters is 1. The second-order valence-electron chi connectivity index (χ2n) is 19.3. The molecule has 0 spiro atoms. The van der Waals surface area contributed by atoms with Crippen molar-refractivity contribution in [1.82, 2.24) is 5.32 Å². The van der Waals surface area contributed by atoms with Crippen molar-refractivity contribution in [3.63, 3.8) is 0 Å². The highest BCUT2D eigenvalue weighted by Crippen LogP contribution is 2.18. The fourth-order valence-corrected chi connectivity index (χ4v) is 8.63. The van der Waals surface area contributed by atoms with Crippen LogP contribution in [-0.4, -0.2) is 46.9 Å². The molecule has 6 heteroatoms. The Labute approximate surface area is 398 Å².